The van der Waals surface area contributed by atoms with Crippen molar-refractivity contribution in [3.8, 4) is 11.6 Å². The second-order valence-corrected chi connectivity index (χ2v) is 4.61. The van der Waals surface area contributed by atoms with E-state index in [1.165, 1.54) is 5.56 Å². The summed E-state index contributed by atoms with van der Waals surface area (Å²) in [5.41, 5.74) is 2.96. The predicted molar refractivity (Wildman–Crippen MR) is 75.4 cm³/mol. The Morgan fingerprint density at radius 2 is 1.84 bits per heavy atom. The highest BCUT2D eigenvalue weighted by Crippen LogP contribution is 2.22. The molecule has 0 aliphatic rings. The molecule has 1 N–H and O–H groups in total. The molecule has 3 heteroatoms. The molecule has 0 unspecified atom stereocenters. The van der Waals surface area contributed by atoms with Gasteiger partial charge in [0, 0.05) is 11.8 Å². The molecule has 0 saturated carbocycles. The quantitative estimate of drug-likeness (QED) is 0.889. The minimum atomic E-state index is -0.00480. The first-order valence-corrected chi connectivity index (χ1v) is 6.56. The van der Waals surface area contributed by atoms with E-state index < -0.39 is 0 Å². The zero-order valence-corrected chi connectivity index (χ0v) is 11.4. The van der Waals surface area contributed by atoms with Gasteiger partial charge in [0.25, 0.3) is 0 Å². The Labute approximate surface area is 113 Å². The molecule has 0 spiro atoms. The summed E-state index contributed by atoms with van der Waals surface area (Å²) in [5.74, 6) is 1.29. The molecule has 0 amide bonds. The molecular weight excluding hydrogens is 238 g/mol. The number of aliphatic hydroxyl groups excluding tert-OH is 1. The van der Waals surface area contributed by atoms with Gasteiger partial charge in [-0.1, -0.05) is 25.5 Å². The normalized spacial score (nSPS) is 10.5. The Kier molecular flexibility index (Phi) is 4.53. The number of nitrogens with zero attached hydrogens (tertiary/aromatic N) is 1. The first-order chi connectivity index (χ1) is 9.21. The Bertz CT molecular complexity index is 535. The van der Waals surface area contributed by atoms with Crippen molar-refractivity contribution >= 4 is 0 Å². The Morgan fingerprint density at radius 3 is 2.47 bits per heavy atom. The zero-order chi connectivity index (χ0) is 13.7. The van der Waals surface area contributed by atoms with Crippen LogP contribution in [0.1, 0.15) is 30.2 Å². The van der Waals surface area contributed by atoms with Crippen molar-refractivity contribution in [3.63, 3.8) is 0 Å². The highest BCUT2D eigenvalue weighted by Gasteiger charge is 2.02. The van der Waals surface area contributed by atoms with E-state index in [9.17, 15) is 0 Å². The summed E-state index contributed by atoms with van der Waals surface area (Å²) in [6.45, 7) is 4.04. The van der Waals surface area contributed by atoms with E-state index in [1.807, 2.05) is 25.1 Å². The van der Waals surface area contributed by atoms with Crippen LogP contribution in [0.5, 0.6) is 11.6 Å². The summed E-state index contributed by atoms with van der Waals surface area (Å²) in [5, 5.41) is 9.16. The van der Waals surface area contributed by atoms with E-state index >= 15 is 0 Å². The van der Waals surface area contributed by atoms with E-state index in [0.717, 1.165) is 29.8 Å². The number of rotatable bonds is 5. The Hall–Kier alpha value is -1.87. The van der Waals surface area contributed by atoms with E-state index in [4.69, 9.17) is 9.84 Å². The predicted octanol–water partition coefficient (Wildman–Crippen LogP) is 3.63. The van der Waals surface area contributed by atoms with Gasteiger partial charge in [-0.25, -0.2) is 4.98 Å². The zero-order valence-electron chi connectivity index (χ0n) is 11.4. The minimum Gasteiger partial charge on any atom is -0.439 e. The van der Waals surface area contributed by atoms with Crippen LogP contribution in [0.2, 0.25) is 0 Å². The summed E-state index contributed by atoms with van der Waals surface area (Å²) in [4.78, 5) is 4.30. The first kappa shape index (κ1) is 13.6. The molecular formula is C16H19NO2. The maximum atomic E-state index is 9.16. The van der Waals surface area contributed by atoms with E-state index in [2.05, 4.69) is 24.0 Å². The van der Waals surface area contributed by atoms with Crippen molar-refractivity contribution < 1.29 is 9.84 Å². The largest absolute Gasteiger partial charge is 0.439 e. The van der Waals surface area contributed by atoms with Gasteiger partial charge in [0.05, 0.1) is 6.61 Å². The summed E-state index contributed by atoms with van der Waals surface area (Å²) < 4.78 is 5.71. The molecule has 1 aromatic heterocycles. The third-order valence-electron chi connectivity index (χ3n) is 2.86. The number of aryl methyl sites for hydroxylation is 2. The third kappa shape index (κ3) is 3.80. The van der Waals surface area contributed by atoms with E-state index in [-0.39, 0.29) is 6.61 Å². The van der Waals surface area contributed by atoms with Crippen molar-refractivity contribution in [1.29, 1.82) is 0 Å². The molecule has 3 nitrogen and oxygen atoms in total. The standard InChI is InChI=1S/C16H19NO2/c1-3-4-13-5-7-15(8-6-13)19-16-10-14(11-18)9-12(2)17-16/h5-10,18H,3-4,11H2,1-2H3. The second kappa shape index (κ2) is 6.34. The minimum absolute atomic E-state index is 0.00480. The van der Waals surface area contributed by atoms with E-state index in [1.54, 1.807) is 6.07 Å². The fraction of sp³-hybridized carbons (Fsp3) is 0.312. The average molecular weight is 257 g/mol. The molecule has 0 radical (unpaired) electrons. The van der Waals surface area contributed by atoms with Crippen molar-refractivity contribution in [2.45, 2.75) is 33.3 Å². The Morgan fingerprint density at radius 1 is 1.11 bits per heavy atom. The van der Waals surface area contributed by atoms with Crippen molar-refractivity contribution in [1.82, 2.24) is 4.98 Å². The maximum Gasteiger partial charge on any atom is 0.219 e. The highest BCUT2D eigenvalue weighted by atomic mass is 16.5. The lowest BCUT2D eigenvalue weighted by Crippen LogP contribution is -1.94. The number of aliphatic hydroxyl groups is 1. The van der Waals surface area contributed by atoms with Crippen LogP contribution in [-0.4, -0.2) is 10.1 Å². The van der Waals surface area contributed by atoms with Crippen LogP contribution in [0.4, 0.5) is 0 Å². The molecule has 1 heterocycles. The van der Waals surface area contributed by atoms with Crippen LogP contribution in [0.3, 0.4) is 0 Å². The first-order valence-electron chi connectivity index (χ1n) is 6.56. The Balaban J connectivity index is 2.14. The second-order valence-electron chi connectivity index (χ2n) is 4.61. The molecule has 19 heavy (non-hydrogen) atoms. The summed E-state index contributed by atoms with van der Waals surface area (Å²) in [7, 11) is 0. The van der Waals surface area contributed by atoms with Gasteiger partial charge in [0.1, 0.15) is 5.75 Å². The number of benzene rings is 1. The summed E-state index contributed by atoms with van der Waals surface area (Å²) in [6, 6.07) is 11.6. The maximum absolute atomic E-state index is 9.16. The van der Waals surface area contributed by atoms with Crippen LogP contribution >= 0.6 is 0 Å². The average Bonchev–Trinajstić information content (AvgIpc) is 2.40. The topological polar surface area (TPSA) is 42.4 Å². The molecule has 2 aromatic rings. The molecule has 0 fully saturated rings. The fourth-order valence-corrected chi connectivity index (χ4v) is 1.98. The number of hydrogen-bond acceptors (Lipinski definition) is 3. The molecule has 0 aliphatic heterocycles. The lowest BCUT2D eigenvalue weighted by molar-refractivity contribution is 0.281. The molecule has 0 aliphatic carbocycles. The number of ether oxygens (including phenoxy) is 1. The van der Waals surface area contributed by atoms with Gasteiger partial charge in [-0.05, 0) is 42.7 Å². The van der Waals surface area contributed by atoms with E-state index in [0.29, 0.717) is 5.88 Å². The SMILES string of the molecule is CCCc1ccc(Oc2cc(CO)cc(C)n2)cc1. The number of aromatic nitrogens is 1. The van der Waals surface area contributed by atoms with Gasteiger partial charge < -0.3 is 9.84 Å². The molecule has 0 atom stereocenters. The van der Waals surface area contributed by atoms with Gasteiger partial charge in [-0.2, -0.15) is 0 Å². The van der Waals surface area contributed by atoms with Gasteiger partial charge >= 0.3 is 0 Å². The van der Waals surface area contributed by atoms with Crippen molar-refractivity contribution in [2.24, 2.45) is 0 Å². The van der Waals surface area contributed by atoms with Crippen LogP contribution in [-0.2, 0) is 13.0 Å². The molecule has 0 saturated heterocycles. The summed E-state index contributed by atoms with van der Waals surface area (Å²) in [6.07, 6.45) is 2.22. The van der Waals surface area contributed by atoms with Crippen molar-refractivity contribution in [2.75, 3.05) is 0 Å². The van der Waals surface area contributed by atoms with Crippen LogP contribution in [0.15, 0.2) is 36.4 Å². The van der Waals surface area contributed by atoms with Gasteiger partial charge in [-0.15, -0.1) is 0 Å². The molecule has 100 valence electrons. The van der Waals surface area contributed by atoms with Gasteiger partial charge in [0.2, 0.25) is 5.88 Å². The van der Waals surface area contributed by atoms with Gasteiger partial charge in [0.15, 0.2) is 0 Å². The van der Waals surface area contributed by atoms with Crippen LogP contribution in [0, 0.1) is 6.92 Å². The van der Waals surface area contributed by atoms with Crippen molar-refractivity contribution in [3.05, 3.63) is 53.2 Å². The molecule has 0 bridgehead atoms. The number of pyridine rings is 1. The third-order valence-corrected chi connectivity index (χ3v) is 2.86. The molecule has 2 rings (SSSR count). The number of hydrogen-bond donors (Lipinski definition) is 1. The highest BCUT2D eigenvalue weighted by molar-refractivity contribution is 5.32. The monoisotopic (exact) mass is 257 g/mol. The fourth-order valence-electron chi connectivity index (χ4n) is 1.98. The smallest absolute Gasteiger partial charge is 0.219 e. The lowest BCUT2D eigenvalue weighted by Gasteiger charge is -2.08. The molecule has 1 aromatic carbocycles. The van der Waals surface area contributed by atoms with Crippen LogP contribution < -0.4 is 4.74 Å². The summed E-state index contributed by atoms with van der Waals surface area (Å²) >= 11 is 0. The lowest BCUT2D eigenvalue weighted by atomic mass is 10.1. The van der Waals surface area contributed by atoms with Crippen LogP contribution in [0.25, 0.3) is 0 Å². The van der Waals surface area contributed by atoms with Gasteiger partial charge in [-0.3, -0.25) is 0 Å².